The van der Waals surface area contributed by atoms with Crippen molar-refractivity contribution in [2.24, 2.45) is 5.92 Å². The average Bonchev–Trinajstić information content (AvgIpc) is 2.77. The zero-order valence-electron chi connectivity index (χ0n) is 12.8. The SMILES string of the molecule is CC(=O)C1C(c2ccc(C)cc2)c2c(noc2Cl)CC1(C)O. The first-order valence-electron chi connectivity index (χ1n) is 7.24. The topological polar surface area (TPSA) is 63.3 Å². The molecule has 0 bridgehead atoms. The van der Waals surface area contributed by atoms with Gasteiger partial charge in [-0.1, -0.05) is 35.0 Å². The standard InChI is InChI=1S/C17H18ClNO3/c1-9-4-6-11(7-5-9)13-14-12(19-22-16(14)18)8-17(3,21)15(13)10(2)20/h4-7,13,15,21H,8H2,1-3H3. The molecular weight excluding hydrogens is 302 g/mol. The number of carbonyl (C=O) groups is 1. The van der Waals surface area contributed by atoms with E-state index >= 15 is 0 Å². The van der Waals surface area contributed by atoms with E-state index < -0.39 is 11.5 Å². The lowest BCUT2D eigenvalue weighted by molar-refractivity contribution is -0.130. The fourth-order valence-electron chi connectivity index (χ4n) is 3.52. The van der Waals surface area contributed by atoms with Gasteiger partial charge >= 0.3 is 0 Å². The molecule has 116 valence electrons. The summed E-state index contributed by atoms with van der Waals surface area (Å²) in [6.07, 6.45) is 0.255. The number of ketones is 1. The second-order valence-corrected chi connectivity index (χ2v) is 6.67. The number of aryl methyl sites for hydroxylation is 1. The third kappa shape index (κ3) is 2.36. The molecule has 0 saturated carbocycles. The molecule has 3 atom stereocenters. The van der Waals surface area contributed by atoms with Gasteiger partial charge in [0.25, 0.3) is 0 Å². The van der Waals surface area contributed by atoms with Gasteiger partial charge in [0.05, 0.1) is 17.2 Å². The molecule has 3 rings (SSSR count). The average molecular weight is 320 g/mol. The zero-order chi connectivity index (χ0) is 16.1. The molecule has 1 aromatic carbocycles. The normalized spacial score (nSPS) is 27.5. The first-order chi connectivity index (χ1) is 10.3. The number of aromatic nitrogens is 1. The van der Waals surface area contributed by atoms with Crippen molar-refractivity contribution in [3.8, 4) is 0 Å². The van der Waals surface area contributed by atoms with Crippen LogP contribution in [0.4, 0.5) is 0 Å². The number of hydrogen-bond acceptors (Lipinski definition) is 4. The van der Waals surface area contributed by atoms with E-state index in [0.717, 1.165) is 16.7 Å². The number of Topliss-reactive ketones (excluding diaryl/α,β-unsaturated/α-hetero) is 1. The molecule has 0 radical (unpaired) electrons. The third-order valence-electron chi connectivity index (χ3n) is 4.47. The summed E-state index contributed by atoms with van der Waals surface area (Å²) in [5.74, 6) is -1.01. The maximum atomic E-state index is 12.3. The van der Waals surface area contributed by atoms with Crippen LogP contribution >= 0.6 is 11.6 Å². The molecule has 0 aliphatic heterocycles. The Hall–Kier alpha value is -1.65. The first kappa shape index (κ1) is 15.3. The number of rotatable bonds is 2. The number of nitrogens with zero attached hydrogens (tertiary/aromatic N) is 1. The van der Waals surface area contributed by atoms with Gasteiger partial charge in [-0.15, -0.1) is 0 Å². The highest BCUT2D eigenvalue weighted by Crippen LogP contribution is 2.48. The quantitative estimate of drug-likeness (QED) is 0.922. The molecular formula is C17H18ClNO3. The summed E-state index contributed by atoms with van der Waals surface area (Å²) in [6, 6.07) is 7.89. The van der Waals surface area contributed by atoms with Crippen molar-refractivity contribution in [3.05, 3.63) is 51.9 Å². The fraction of sp³-hybridized carbons (Fsp3) is 0.412. The largest absolute Gasteiger partial charge is 0.389 e. The van der Waals surface area contributed by atoms with Gasteiger partial charge in [-0.3, -0.25) is 4.79 Å². The number of hydrogen-bond donors (Lipinski definition) is 1. The summed E-state index contributed by atoms with van der Waals surface area (Å²) in [5.41, 5.74) is 2.21. The van der Waals surface area contributed by atoms with Gasteiger partial charge in [-0.2, -0.15) is 0 Å². The van der Waals surface area contributed by atoms with E-state index in [1.165, 1.54) is 6.92 Å². The second kappa shape index (κ2) is 5.21. The number of aliphatic hydroxyl groups is 1. The molecule has 2 aromatic rings. The van der Waals surface area contributed by atoms with Gasteiger partial charge in [-0.25, -0.2) is 0 Å². The van der Waals surface area contributed by atoms with Crippen molar-refractivity contribution in [2.75, 3.05) is 0 Å². The molecule has 0 saturated heterocycles. The maximum Gasteiger partial charge on any atom is 0.230 e. The first-order valence-corrected chi connectivity index (χ1v) is 7.62. The number of benzene rings is 1. The van der Waals surface area contributed by atoms with Crippen LogP contribution in [0.25, 0.3) is 0 Å². The molecule has 1 aliphatic rings. The Morgan fingerprint density at radius 2 is 2.05 bits per heavy atom. The van der Waals surface area contributed by atoms with Crippen molar-refractivity contribution < 1.29 is 14.4 Å². The third-order valence-corrected chi connectivity index (χ3v) is 4.75. The summed E-state index contributed by atoms with van der Waals surface area (Å²) in [5, 5.41) is 15.0. The molecule has 1 aliphatic carbocycles. The summed E-state index contributed by atoms with van der Waals surface area (Å²) in [6.45, 7) is 5.18. The van der Waals surface area contributed by atoms with Gasteiger partial charge in [0.15, 0.2) is 0 Å². The summed E-state index contributed by atoms with van der Waals surface area (Å²) in [4.78, 5) is 12.3. The number of fused-ring (bicyclic) bond motifs is 1. The molecule has 0 spiro atoms. The Balaban J connectivity index is 2.23. The monoisotopic (exact) mass is 319 g/mol. The van der Waals surface area contributed by atoms with Gasteiger partial charge in [0, 0.05) is 17.9 Å². The van der Waals surface area contributed by atoms with Crippen LogP contribution in [0.1, 0.15) is 42.1 Å². The smallest absolute Gasteiger partial charge is 0.230 e. The Labute approximate surface area is 134 Å². The minimum atomic E-state index is -1.19. The van der Waals surface area contributed by atoms with Crippen LogP contribution in [0.5, 0.6) is 0 Å². The zero-order valence-corrected chi connectivity index (χ0v) is 13.5. The van der Waals surface area contributed by atoms with E-state index in [1.54, 1.807) is 6.92 Å². The van der Waals surface area contributed by atoms with E-state index in [9.17, 15) is 9.90 Å². The lowest BCUT2D eigenvalue weighted by Gasteiger charge is -2.40. The Kier molecular flexibility index (Phi) is 3.62. The molecule has 22 heavy (non-hydrogen) atoms. The Morgan fingerprint density at radius 1 is 1.41 bits per heavy atom. The lowest BCUT2D eigenvalue weighted by atomic mass is 9.65. The second-order valence-electron chi connectivity index (χ2n) is 6.33. The minimum absolute atomic E-state index is 0.0708. The molecule has 5 heteroatoms. The summed E-state index contributed by atoms with van der Waals surface area (Å²) < 4.78 is 5.11. The molecule has 1 N–H and O–H groups in total. The molecule has 0 fully saturated rings. The molecule has 1 heterocycles. The van der Waals surface area contributed by atoms with Crippen molar-refractivity contribution in [2.45, 2.75) is 38.7 Å². The van der Waals surface area contributed by atoms with Crippen LogP contribution in [0, 0.1) is 12.8 Å². The van der Waals surface area contributed by atoms with Crippen LogP contribution in [-0.4, -0.2) is 21.6 Å². The highest BCUT2D eigenvalue weighted by molar-refractivity contribution is 6.29. The number of halogens is 1. The van der Waals surface area contributed by atoms with E-state index in [2.05, 4.69) is 5.16 Å². The molecule has 4 nitrogen and oxygen atoms in total. The van der Waals surface area contributed by atoms with Crippen LogP contribution in [0.2, 0.25) is 5.22 Å². The Morgan fingerprint density at radius 3 is 2.64 bits per heavy atom. The maximum absolute atomic E-state index is 12.3. The van der Waals surface area contributed by atoms with Crippen LogP contribution < -0.4 is 0 Å². The number of carbonyl (C=O) groups excluding carboxylic acids is 1. The molecule has 1 aromatic heterocycles. The van der Waals surface area contributed by atoms with Gasteiger partial charge < -0.3 is 9.63 Å². The predicted octanol–water partition coefficient (Wildman–Crippen LogP) is 3.28. The van der Waals surface area contributed by atoms with Crippen molar-refractivity contribution in [3.63, 3.8) is 0 Å². The highest BCUT2D eigenvalue weighted by atomic mass is 35.5. The van der Waals surface area contributed by atoms with Crippen molar-refractivity contribution >= 4 is 17.4 Å². The fourth-order valence-corrected chi connectivity index (χ4v) is 3.78. The van der Waals surface area contributed by atoms with Gasteiger partial charge in [0.2, 0.25) is 5.22 Å². The predicted molar refractivity (Wildman–Crippen MR) is 83.0 cm³/mol. The highest BCUT2D eigenvalue weighted by Gasteiger charge is 2.49. The van der Waals surface area contributed by atoms with E-state index in [-0.39, 0.29) is 23.3 Å². The van der Waals surface area contributed by atoms with E-state index in [1.807, 2.05) is 31.2 Å². The molecule has 0 amide bonds. The Bertz CT molecular complexity index is 718. The summed E-state index contributed by atoms with van der Waals surface area (Å²) >= 11 is 6.17. The van der Waals surface area contributed by atoms with Gasteiger partial charge in [0.1, 0.15) is 5.78 Å². The minimum Gasteiger partial charge on any atom is -0.389 e. The van der Waals surface area contributed by atoms with Gasteiger partial charge in [-0.05, 0) is 37.9 Å². The van der Waals surface area contributed by atoms with Crippen LogP contribution in [0.15, 0.2) is 28.8 Å². The summed E-state index contributed by atoms with van der Waals surface area (Å²) in [7, 11) is 0. The lowest BCUT2D eigenvalue weighted by Crippen LogP contribution is -2.47. The van der Waals surface area contributed by atoms with Crippen molar-refractivity contribution in [1.29, 1.82) is 0 Å². The van der Waals surface area contributed by atoms with E-state index in [4.69, 9.17) is 16.1 Å². The van der Waals surface area contributed by atoms with Crippen LogP contribution in [0.3, 0.4) is 0 Å². The van der Waals surface area contributed by atoms with E-state index in [0.29, 0.717) is 5.69 Å². The van der Waals surface area contributed by atoms with Crippen molar-refractivity contribution in [1.82, 2.24) is 5.16 Å². The molecule has 3 unspecified atom stereocenters. The van der Waals surface area contributed by atoms with Crippen LogP contribution in [-0.2, 0) is 11.2 Å².